The number of ketones is 1. The number of amides is 1. The number of Topliss-reactive ketones (excluding diaryl/α,β-unsaturated/α-hetero) is 1. The van der Waals surface area contributed by atoms with E-state index >= 15 is 0 Å². The standard InChI is InChI=1S/C24H25N5O2/c25-23-22(28-19(15-27-23)16-8-6-9-18(13-16)24(26)31)21(30)14-17-7-2-3-10-20(17)29-11-4-1-5-12-29/h2-3,6-10,13,15H,1,4-5,11-12,14H2,(H2,25,27)(H2,26,31). The zero-order valence-corrected chi connectivity index (χ0v) is 17.3. The van der Waals surface area contributed by atoms with Gasteiger partial charge in [0, 0.05) is 36.3 Å². The Bertz CT molecular complexity index is 1120. The molecule has 2 aromatic carbocycles. The quantitative estimate of drug-likeness (QED) is 0.597. The molecule has 0 bridgehead atoms. The van der Waals surface area contributed by atoms with Crippen molar-refractivity contribution in [2.75, 3.05) is 23.7 Å². The van der Waals surface area contributed by atoms with Gasteiger partial charge >= 0.3 is 0 Å². The molecule has 2 heterocycles. The number of rotatable bonds is 6. The molecule has 1 fully saturated rings. The third-order valence-corrected chi connectivity index (χ3v) is 5.55. The zero-order valence-electron chi connectivity index (χ0n) is 17.3. The van der Waals surface area contributed by atoms with E-state index < -0.39 is 5.91 Å². The van der Waals surface area contributed by atoms with Gasteiger partial charge in [0.2, 0.25) is 5.91 Å². The van der Waals surface area contributed by atoms with Crippen LogP contribution in [0, 0.1) is 0 Å². The number of aromatic nitrogens is 2. The van der Waals surface area contributed by atoms with Crippen LogP contribution in [0.5, 0.6) is 0 Å². The van der Waals surface area contributed by atoms with Gasteiger partial charge in [0.05, 0.1) is 11.9 Å². The third kappa shape index (κ3) is 4.55. The maximum absolute atomic E-state index is 13.2. The molecule has 4 N–H and O–H groups in total. The van der Waals surface area contributed by atoms with Gasteiger partial charge in [-0.2, -0.15) is 0 Å². The Morgan fingerprint density at radius 1 is 1.00 bits per heavy atom. The molecule has 1 saturated heterocycles. The van der Waals surface area contributed by atoms with Gasteiger partial charge in [-0.25, -0.2) is 9.97 Å². The molecule has 1 amide bonds. The first-order valence-electron chi connectivity index (χ1n) is 10.4. The number of para-hydroxylation sites is 1. The van der Waals surface area contributed by atoms with E-state index in [0.29, 0.717) is 16.8 Å². The Morgan fingerprint density at radius 2 is 1.77 bits per heavy atom. The van der Waals surface area contributed by atoms with E-state index in [1.807, 2.05) is 18.2 Å². The minimum absolute atomic E-state index is 0.0928. The molecule has 0 spiro atoms. The number of piperidine rings is 1. The predicted octanol–water partition coefficient (Wildman–Crippen LogP) is 3.24. The maximum Gasteiger partial charge on any atom is 0.248 e. The molecule has 7 heteroatoms. The van der Waals surface area contributed by atoms with Crippen molar-refractivity contribution in [2.24, 2.45) is 5.73 Å². The second-order valence-corrected chi connectivity index (χ2v) is 7.71. The number of nitrogen functional groups attached to an aromatic ring is 1. The summed E-state index contributed by atoms with van der Waals surface area (Å²) in [7, 11) is 0. The molecular weight excluding hydrogens is 390 g/mol. The first kappa shape index (κ1) is 20.5. The van der Waals surface area contributed by atoms with Gasteiger partial charge in [-0.15, -0.1) is 0 Å². The summed E-state index contributed by atoms with van der Waals surface area (Å²) in [5.74, 6) is -0.631. The van der Waals surface area contributed by atoms with E-state index in [2.05, 4.69) is 20.9 Å². The summed E-state index contributed by atoms with van der Waals surface area (Å²) in [5, 5.41) is 0. The van der Waals surface area contributed by atoms with Gasteiger partial charge in [0.1, 0.15) is 5.69 Å². The highest BCUT2D eigenvalue weighted by molar-refractivity contribution is 6.00. The lowest BCUT2D eigenvalue weighted by molar-refractivity contribution is 0.0984. The molecule has 1 aliphatic rings. The smallest absolute Gasteiger partial charge is 0.248 e. The summed E-state index contributed by atoms with van der Waals surface area (Å²) in [6.45, 7) is 2.00. The largest absolute Gasteiger partial charge is 0.382 e. The number of hydrogen-bond acceptors (Lipinski definition) is 6. The second-order valence-electron chi connectivity index (χ2n) is 7.71. The van der Waals surface area contributed by atoms with Gasteiger partial charge in [-0.05, 0) is 43.0 Å². The molecule has 0 saturated carbocycles. The topological polar surface area (TPSA) is 115 Å². The van der Waals surface area contributed by atoms with Crippen LogP contribution in [-0.4, -0.2) is 34.7 Å². The highest BCUT2D eigenvalue weighted by atomic mass is 16.1. The van der Waals surface area contributed by atoms with Crippen molar-refractivity contribution in [2.45, 2.75) is 25.7 Å². The van der Waals surface area contributed by atoms with Gasteiger partial charge in [-0.1, -0.05) is 30.3 Å². The first-order valence-corrected chi connectivity index (χ1v) is 10.4. The fraction of sp³-hybridized carbons (Fsp3) is 0.250. The number of nitrogens with two attached hydrogens (primary N) is 2. The van der Waals surface area contributed by atoms with Gasteiger partial charge in [0.15, 0.2) is 11.6 Å². The van der Waals surface area contributed by atoms with Crippen LogP contribution in [-0.2, 0) is 6.42 Å². The summed E-state index contributed by atoms with van der Waals surface area (Å²) < 4.78 is 0. The summed E-state index contributed by atoms with van der Waals surface area (Å²) in [6.07, 6.45) is 5.25. The highest BCUT2D eigenvalue weighted by Crippen LogP contribution is 2.26. The Morgan fingerprint density at radius 3 is 2.55 bits per heavy atom. The second kappa shape index (κ2) is 8.95. The molecule has 0 aliphatic carbocycles. The zero-order chi connectivity index (χ0) is 21.8. The van der Waals surface area contributed by atoms with Gasteiger partial charge < -0.3 is 16.4 Å². The highest BCUT2D eigenvalue weighted by Gasteiger charge is 2.20. The van der Waals surface area contributed by atoms with Crippen molar-refractivity contribution in [1.29, 1.82) is 0 Å². The van der Waals surface area contributed by atoms with Crippen LogP contribution in [0.3, 0.4) is 0 Å². The van der Waals surface area contributed by atoms with Crippen molar-refractivity contribution < 1.29 is 9.59 Å². The van der Waals surface area contributed by atoms with Gasteiger partial charge in [-0.3, -0.25) is 9.59 Å². The van der Waals surface area contributed by atoms with Crippen LogP contribution >= 0.6 is 0 Å². The molecule has 0 radical (unpaired) electrons. The van der Waals surface area contributed by atoms with E-state index in [1.54, 1.807) is 24.3 Å². The Balaban J connectivity index is 1.62. The number of hydrogen-bond donors (Lipinski definition) is 2. The van der Waals surface area contributed by atoms with Crippen molar-refractivity contribution in [1.82, 2.24) is 9.97 Å². The first-order chi connectivity index (χ1) is 15.0. The summed E-state index contributed by atoms with van der Waals surface area (Å²) in [4.78, 5) is 35.6. The molecule has 1 aliphatic heterocycles. The summed E-state index contributed by atoms with van der Waals surface area (Å²) in [6, 6.07) is 14.7. The molecule has 7 nitrogen and oxygen atoms in total. The van der Waals surface area contributed by atoms with E-state index in [4.69, 9.17) is 11.5 Å². The number of benzene rings is 2. The number of carbonyl (C=O) groups excluding carboxylic acids is 2. The van der Waals surface area contributed by atoms with Crippen molar-refractivity contribution in [3.63, 3.8) is 0 Å². The van der Waals surface area contributed by atoms with Crippen molar-refractivity contribution in [3.8, 4) is 11.3 Å². The minimum Gasteiger partial charge on any atom is -0.382 e. The molecule has 3 aromatic rings. The lowest BCUT2D eigenvalue weighted by Gasteiger charge is -2.30. The average molecular weight is 415 g/mol. The molecule has 1 aromatic heterocycles. The fourth-order valence-electron chi connectivity index (χ4n) is 3.93. The molecule has 31 heavy (non-hydrogen) atoms. The minimum atomic E-state index is -0.532. The Kier molecular flexibility index (Phi) is 5.93. The van der Waals surface area contributed by atoms with Crippen molar-refractivity contribution in [3.05, 3.63) is 71.5 Å². The van der Waals surface area contributed by atoms with Crippen LogP contribution in [0.15, 0.2) is 54.7 Å². The van der Waals surface area contributed by atoms with Gasteiger partial charge in [0.25, 0.3) is 0 Å². The number of anilines is 2. The number of nitrogens with zero attached hydrogens (tertiary/aromatic N) is 3. The van der Waals surface area contributed by atoms with Crippen LogP contribution in [0.4, 0.5) is 11.5 Å². The number of carbonyl (C=O) groups is 2. The van der Waals surface area contributed by atoms with Crippen LogP contribution in [0.25, 0.3) is 11.3 Å². The van der Waals surface area contributed by atoms with Crippen molar-refractivity contribution >= 4 is 23.2 Å². The molecule has 0 atom stereocenters. The molecule has 4 rings (SSSR count). The molecular formula is C24H25N5O2. The molecule has 158 valence electrons. The predicted molar refractivity (Wildman–Crippen MR) is 121 cm³/mol. The average Bonchev–Trinajstić information content (AvgIpc) is 2.80. The lowest BCUT2D eigenvalue weighted by Crippen LogP contribution is -2.30. The van der Waals surface area contributed by atoms with E-state index in [0.717, 1.165) is 37.2 Å². The summed E-state index contributed by atoms with van der Waals surface area (Å²) in [5.41, 5.74) is 15.0. The molecule has 0 unspecified atom stereocenters. The maximum atomic E-state index is 13.2. The van der Waals surface area contributed by atoms with Crippen LogP contribution in [0.1, 0.15) is 45.7 Å². The van der Waals surface area contributed by atoms with E-state index in [1.165, 1.54) is 12.6 Å². The normalized spacial score (nSPS) is 13.7. The van der Waals surface area contributed by atoms with E-state index in [-0.39, 0.29) is 23.7 Å². The monoisotopic (exact) mass is 415 g/mol. The fourth-order valence-corrected chi connectivity index (χ4v) is 3.93. The third-order valence-electron chi connectivity index (χ3n) is 5.55. The van der Waals surface area contributed by atoms with E-state index in [9.17, 15) is 9.59 Å². The SMILES string of the molecule is NC(=O)c1cccc(-c2cnc(N)c(C(=O)Cc3ccccc3N3CCCCC3)n2)c1. The number of primary amides is 1. The summed E-state index contributed by atoms with van der Waals surface area (Å²) >= 11 is 0. The Hall–Kier alpha value is -3.74. The van der Waals surface area contributed by atoms with Crippen LogP contribution in [0.2, 0.25) is 0 Å². The lowest BCUT2D eigenvalue weighted by atomic mass is 10.0. The Labute approximate surface area is 181 Å². The van der Waals surface area contributed by atoms with Crippen LogP contribution < -0.4 is 16.4 Å².